The van der Waals surface area contributed by atoms with E-state index in [1.54, 1.807) is 11.1 Å². The number of likely N-dealkylation sites (tertiary alicyclic amines) is 1. The standard InChI is InChI=1S/C14H22N4O3/c1-2-3-10-4-5-18(8-10)14(21)17-12(13(19)20)6-11-7-15-9-16-11/h7,9-10,12H,2-6,8H2,1H3,(H,15,16)(H,17,21)(H,19,20)/t10?,12-/m0/s1. The number of carbonyl (C=O) groups is 2. The van der Waals surface area contributed by atoms with E-state index in [0.29, 0.717) is 18.2 Å². The maximum atomic E-state index is 12.2. The lowest BCUT2D eigenvalue weighted by Gasteiger charge is -2.21. The molecule has 1 fully saturated rings. The van der Waals surface area contributed by atoms with Crippen molar-refractivity contribution >= 4 is 12.0 Å². The number of hydrogen-bond donors (Lipinski definition) is 3. The Labute approximate surface area is 123 Å². The molecule has 1 saturated heterocycles. The van der Waals surface area contributed by atoms with Gasteiger partial charge in [-0.3, -0.25) is 0 Å². The monoisotopic (exact) mass is 294 g/mol. The lowest BCUT2D eigenvalue weighted by molar-refractivity contribution is -0.139. The van der Waals surface area contributed by atoms with Gasteiger partial charge in [0.2, 0.25) is 0 Å². The second-order valence-corrected chi connectivity index (χ2v) is 5.51. The van der Waals surface area contributed by atoms with E-state index in [1.165, 1.54) is 6.33 Å². The van der Waals surface area contributed by atoms with Gasteiger partial charge in [0.1, 0.15) is 6.04 Å². The van der Waals surface area contributed by atoms with Gasteiger partial charge >= 0.3 is 12.0 Å². The smallest absolute Gasteiger partial charge is 0.326 e. The third-order valence-electron chi connectivity index (χ3n) is 3.84. The zero-order chi connectivity index (χ0) is 15.2. The van der Waals surface area contributed by atoms with Gasteiger partial charge in [-0.25, -0.2) is 14.6 Å². The summed E-state index contributed by atoms with van der Waals surface area (Å²) in [6, 6.07) is -1.23. The van der Waals surface area contributed by atoms with Crippen LogP contribution in [0.3, 0.4) is 0 Å². The minimum atomic E-state index is -1.04. The third-order valence-corrected chi connectivity index (χ3v) is 3.84. The van der Waals surface area contributed by atoms with E-state index in [1.807, 2.05) is 0 Å². The number of hydrogen-bond acceptors (Lipinski definition) is 3. The molecule has 2 atom stereocenters. The van der Waals surface area contributed by atoms with E-state index in [-0.39, 0.29) is 12.5 Å². The van der Waals surface area contributed by atoms with E-state index in [0.717, 1.165) is 25.8 Å². The van der Waals surface area contributed by atoms with Crippen LogP contribution in [0.2, 0.25) is 0 Å². The molecule has 0 radical (unpaired) electrons. The van der Waals surface area contributed by atoms with Gasteiger partial charge in [0, 0.05) is 31.4 Å². The molecule has 3 N–H and O–H groups in total. The zero-order valence-electron chi connectivity index (χ0n) is 12.2. The van der Waals surface area contributed by atoms with Crippen LogP contribution in [0, 0.1) is 5.92 Å². The summed E-state index contributed by atoms with van der Waals surface area (Å²) in [6.07, 6.45) is 6.48. The Morgan fingerprint density at radius 2 is 2.43 bits per heavy atom. The summed E-state index contributed by atoms with van der Waals surface area (Å²) >= 11 is 0. The molecule has 0 aromatic carbocycles. The van der Waals surface area contributed by atoms with E-state index < -0.39 is 12.0 Å². The van der Waals surface area contributed by atoms with Crippen molar-refractivity contribution in [3.05, 3.63) is 18.2 Å². The predicted octanol–water partition coefficient (Wildman–Crippen LogP) is 1.24. The number of nitrogens with zero attached hydrogens (tertiary/aromatic N) is 2. The van der Waals surface area contributed by atoms with Crippen LogP contribution >= 0.6 is 0 Å². The molecule has 2 rings (SSSR count). The first-order chi connectivity index (χ1) is 10.1. The second-order valence-electron chi connectivity index (χ2n) is 5.51. The molecule has 7 nitrogen and oxygen atoms in total. The number of imidazole rings is 1. The first-order valence-electron chi connectivity index (χ1n) is 7.35. The summed E-state index contributed by atoms with van der Waals surface area (Å²) in [7, 11) is 0. The maximum absolute atomic E-state index is 12.2. The highest BCUT2D eigenvalue weighted by Gasteiger charge is 2.29. The van der Waals surface area contributed by atoms with Crippen LogP contribution in [-0.2, 0) is 11.2 Å². The van der Waals surface area contributed by atoms with Gasteiger partial charge in [0.05, 0.1) is 6.33 Å². The van der Waals surface area contributed by atoms with Crippen molar-refractivity contribution in [2.45, 2.75) is 38.6 Å². The molecule has 0 bridgehead atoms. The first-order valence-corrected chi connectivity index (χ1v) is 7.35. The molecular formula is C14H22N4O3. The molecule has 2 heterocycles. The molecule has 116 valence electrons. The molecule has 2 amide bonds. The molecule has 0 aliphatic carbocycles. The maximum Gasteiger partial charge on any atom is 0.326 e. The van der Waals surface area contributed by atoms with Crippen LogP contribution in [0.4, 0.5) is 4.79 Å². The topological polar surface area (TPSA) is 98.3 Å². The van der Waals surface area contributed by atoms with E-state index in [2.05, 4.69) is 22.2 Å². The average molecular weight is 294 g/mol. The second kappa shape index (κ2) is 7.10. The highest BCUT2D eigenvalue weighted by Crippen LogP contribution is 2.20. The fourth-order valence-electron chi connectivity index (χ4n) is 2.72. The van der Waals surface area contributed by atoms with Crippen molar-refractivity contribution in [2.24, 2.45) is 5.92 Å². The Balaban J connectivity index is 1.88. The van der Waals surface area contributed by atoms with Crippen molar-refractivity contribution < 1.29 is 14.7 Å². The number of aromatic amines is 1. The summed E-state index contributed by atoms with van der Waals surface area (Å²) in [4.78, 5) is 31.9. The van der Waals surface area contributed by atoms with Gasteiger partial charge in [-0.1, -0.05) is 13.3 Å². The zero-order valence-corrected chi connectivity index (χ0v) is 12.2. The minimum absolute atomic E-state index is 0.202. The van der Waals surface area contributed by atoms with Gasteiger partial charge < -0.3 is 20.3 Å². The average Bonchev–Trinajstić information content (AvgIpc) is 3.09. The van der Waals surface area contributed by atoms with Crippen LogP contribution in [0.5, 0.6) is 0 Å². The lowest BCUT2D eigenvalue weighted by Crippen LogP contribution is -2.48. The summed E-state index contributed by atoms with van der Waals surface area (Å²) < 4.78 is 0. The molecule has 1 aliphatic rings. The Morgan fingerprint density at radius 1 is 1.62 bits per heavy atom. The lowest BCUT2D eigenvalue weighted by atomic mass is 10.0. The highest BCUT2D eigenvalue weighted by atomic mass is 16.4. The predicted molar refractivity (Wildman–Crippen MR) is 76.8 cm³/mol. The molecule has 0 saturated carbocycles. The number of carboxylic acid groups (broad SMARTS) is 1. The minimum Gasteiger partial charge on any atom is -0.480 e. The van der Waals surface area contributed by atoms with Crippen molar-refractivity contribution in [3.8, 4) is 0 Å². The molecule has 1 unspecified atom stereocenters. The van der Waals surface area contributed by atoms with Crippen LogP contribution in [0.25, 0.3) is 0 Å². The fraction of sp³-hybridized carbons (Fsp3) is 0.643. The molecule has 1 aromatic heterocycles. The number of aliphatic carboxylic acids is 1. The number of urea groups is 1. The Kier molecular flexibility index (Phi) is 5.19. The van der Waals surface area contributed by atoms with Gasteiger partial charge in [-0.15, -0.1) is 0 Å². The summed E-state index contributed by atoms with van der Waals surface area (Å²) in [5.74, 6) is -0.501. The van der Waals surface area contributed by atoms with Crippen molar-refractivity contribution in [2.75, 3.05) is 13.1 Å². The number of carbonyl (C=O) groups excluding carboxylic acids is 1. The van der Waals surface area contributed by atoms with Crippen LogP contribution < -0.4 is 5.32 Å². The molecule has 1 aliphatic heterocycles. The Bertz CT molecular complexity index is 475. The number of amides is 2. The van der Waals surface area contributed by atoms with E-state index >= 15 is 0 Å². The third kappa shape index (κ3) is 4.21. The normalized spacial score (nSPS) is 19.5. The van der Waals surface area contributed by atoms with Crippen molar-refractivity contribution in [1.29, 1.82) is 0 Å². The van der Waals surface area contributed by atoms with Crippen LogP contribution in [0.15, 0.2) is 12.5 Å². The number of aromatic nitrogens is 2. The van der Waals surface area contributed by atoms with Gasteiger partial charge in [-0.05, 0) is 18.8 Å². The largest absolute Gasteiger partial charge is 0.480 e. The molecule has 7 heteroatoms. The highest BCUT2D eigenvalue weighted by molar-refractivity contribution is 5.82. The quantitative estimate of drug-likeness (QED) is 0.735. The van der Waals surface area contributed by atoms with Crippen molar-refractivity contribution in [3.63, 3.8) is 0 Å². The first kappa shape index (κ1) is 15.3. The van der Waals surface area contributed by atoms with Gasteiger partial charge in [0.15, 0.2) is 0 Å². The molecule has 21 heavy (non-hydrogen) atoms. The van der Waals surface area contributed by atoms with E-state index in [9.17, 15) is 14.7 Å². The molecular weight excluding hydrogens is 272 g/mol. The molecule has 1 aromatic rings. The van der Waals surface area contributed by atoms with Crippen molar-refractivity contribution in [1.82, 2.24) is 20.2 Å². The van der Waals surface area contributed by atoms with Crippen LogP contribution in [-0.4, -0.2) is 51.1 Å². The number of carboxylic acids is 1. The number of rotatable bonds is 6. The summed E-state index contributed by atoms with van der Waals surface area (Å²) in [5.41, 5.74) is 0.688. The number of nitrogens with one attached hydrogen (secondary N) is 2. The molecule has 0 spiro atoms. The SMILES string of the molecule is CCCC1CCN(C(=O)N[C@@H](Cc2cnc[nH]2)C(=O)O)C1. The number of H-pyrrole nitrogens is 1. The van der Waals surface area contributed by atoms with E-state index in [4.69, 9.17) is 0 Å². The van der Waals surface area contributed by atoms with Gasteiger partial charge in [-0.2, -0.15) is 0 Å². The fourth-order valence-corrected chi connectivity index (χ4v) is 2.72. The van der Waals surface area contributed by atoms with Gasteiger partial charge in [0.25, 0.3) is 0 Å². The van der Waals surface area contributed by atoms with Crippen LogP contribution in [0.1, 0.15) is 31.9 Å². The Morgan fingerprint density at radius 3 is 3.05 bits per heavy atom. The summed E-state index contributed by atoms with van der Waals surface area (Å²) in [5, 5.41) is 11.8. The Hall–Kier alpha value is -2.05. The summed E-state index contributed by atoms with van der Waals surface area (Å²) in [6.45, 7) is 3.55.